The first-order valence-corrected chi connectivity index (χ1v) is 6.70. The van der Waals surface area contributed by atoms with Crippen LogP contribution in [0.5, 0.6) is 5.75 Å². The third-order valence-corrected chi connectivity index (χ3v) is 3.45. The number of aromatic hydroxyl groups is 1. The topological polar surface area (TPSA) is 44.0 Å². The van der Waals surface area contributed by atoms with E-state index in [2.05, 4.69) is 6.07 Å². The van der Waals surface area contributed by atoms with Gasteiger partial charge in [0.2, 0.25) is 0 Å². The Balaban J connectivity index is 2.47. The lowest BCUT2D eigenvalue weighted by Crippen LogP contribution is -1.83. The van der Waals surface area contributed by atoms with Gasteiger partial charge >= 0.3 is 0 Å². The van der Waals surface area contributed by atoms with Crippen LogP contribution < -0.4 is 0 Å². The van der Waals surface area contributed by atoms with Crippen LogP contribution in [0.1, 0.15) is 11.1 Å². The Morgan fingerprint density at radius 1 is 1.05 bits per heavy atom. The molecule has 0 saturated heterocycles. The van der Waals surface area contributed by atoms with Crippen molar-refractivity contribution in [3.63, 3.8) is 0 Å². The number of phenolic OH excluding ortho intramolecular Hbond substituents is 1. The minimum Gasteiger partial charge on any atom is -0.505 e. The highest BCUT2D eigenvalue weighted by Crippen LogP contribution is 2.34. The van der Waals surface area contributed by atoms with E-state index in [0.29, 0.717) is 16.2 Å². The molecule has 0 saturated carbocycles. The SMILES string of the molecule is N#C/C(=C\c1cc(Cl)c(O)c(Cl)c1)c1ccc(Cl)cc1. The molecule has 20 heavy (non-hydrogen) atoms. The number of benzene rings is 2. The molecule has 0 unspecified atom stereocenters. The van der Waals surface area contributed by atoms with Crippen LogP contribution >= 0.6 is 34.8 Å². The second-order valence-electron chi connectivity index (χ2n) is 4.01. The van der Waals surface area contributed by atoms with Gasteiger partial charge in [0, 0.05) is 5.02 Å². The van der Waals surface area contributed by atoms with Gasteiger partial charge in [0.25, 0.3) is 0 Å². The van der Waals surface area contributed by atoms with Gasteiger partial charge in [-0.3, -0.25) is 0 Å². The molecule has 0 atom stereocenters. The summed E-state index contributed by atoms with van der Waals surface area (Å²) in [5.41, 5.74) is 1.81. The Labute approximate surface area is 131 Å². The number of hydrogen-bond acceptors (Lipinski definition) is 2. The van der Waals surface area contributed by atoms with E-state index in [0.717, 1.165) is 5.56 Å². The summed E-state index contributed by atoms with van der Waals surface area (Å²) in [6.07, 6.45) is 1.64. The van der Waals surface area contributed by atoms with Gasteiger partial charge in [0.15, 0.2) is 5.75 Å². The fourth-order valence-corrected chi connectivity index (χ4v) is 2.27. The molecule has 0 bridgehead atoms. The van der Waals surface area contributed by atoms with Crippen LogP contribution in [0.15, 0.2) is 36.4 Å². The van der Waals surface area contributed by atoms with Crippen LogP contribution in [0.3, 0.4) is 0 Å². The molecule has 0 amide bonds. The number of allylic oxidation sites excluding steroid dienone is 1. The van der Waals surface area contributed by atoms with E-state index in [-0.39, 0.29) is 15.8 Å². The number of nitriles is 1. The summed E-state index contributed by atoms with van der Waals surface area (Å²) < 4.78 is 0. The fourth-order valence-electron chi connectivity index (χ4n) is 1.64. The van der Waals surface area contributed by atoms with Gasteiger partial charge in [-0.1, -0.05) is 46.9 Å². The zero-order valence-corrected chi connectivity index (χ0v) is 12.3. The van der Waals surface area contributed by atoms with E-state index in [1.165, 1.54) is 12.1 Å². The van der Waals surface area contributed by atoms with Crippen LogP contribution in [0.2, 0.25) is 15.1 Å². The first-order chi connectivity index (χ1) is 9.51. The summed E-state index contributed by atoms with van der Waals surface area (Å²) in [4.78, 5) is 0. The van der Waals surface area contributed by atoms with E-state index in [1.807, 2.05) is 0 Å². The molecule has 2 aromatic rings. The van der Waals surface area contributed by atoms with Gasteiger partial charge in [0.1, 0.15) is 0 Å². The van der Waals surface area contributed by atoms with Crippen molar-refractivity contribution in [2.45, 2.75) is 0 Å². The summed E-state index contributed by atoms with van der Waals surface area (Å²) in [5.74, 6) is -0.171. The van der Waals surface area contributed by atoms with E-state index in [9.17, 15) is 10.4 Å². The number of nitrogens with zero attached hydrogens (tertiary/aromatic N) is 1. The molecule has 0 fully saturated rings. The van der Waals surface area contributed by atoms with Crippen molar-refractivity contribution in [1.29, 1.82) is 5.26 Å². The zero-order chi connectivity index (χ0) is 14.7. The summed E-state index contributed by atoms with van der Waals surface area (Å²) in [6.45, 7) is 0. The first kappa shape index (κ1) is 14.7. The predicted octanol–water partition coefficient (Wildman–Crippen LogP) is 5.42. The maximum atomic E-state index is 9.51. The Hall–Kier alpha value is -1.66. The number of phenols is 1. The molecular formula is C15H8Cl3NO. The van der Waals surface area contributed by atoms with Crippen LogP contribution in [0.4, 0.5) is 0 Å². The van der Waals surface area contributed by atoms with Gasteiger partial charge in [-0.15, -0.1) is 0 Å². The molecule has 100 valence electrons. The second kappa shape index (κ2) is 6.19. The lowest BCUT2D eigenvalue weighted by molar-refractivity contribution is 0.476. The quantitative estimate of drug-likeness (QED) is 0.592. The van der Waals surface area contributed by atoms with Crippen molar-refractivity contribution in [2.75, 3.05) is 0 Å². The third-order valence-electron chi connectivity index (χ3n) is 2.63. The average Bonchev–Trinajstić information content (AvgIpc) is 2.43. The van der Waals surface area contributed by atoms with Crippen LogP contribution in [-0.4, -0.2) is 5.11 Å². The molecule has 0 heterocycles. The molecule has 0 aliphatic carbocycles. The lowest BCUT2D eigenvalue weighted by atomic mass is 10.0. The molecule has 2 aromatic carbocycles. The summed E-state index contributed by atoms with van der Waals surface area (Å²) in [6, 6.07) is 12.1. The van der Waals surface area contributed by atoms with E-state index in [1.54, 1.807) is 30.3 Å². The van der Waals surface area contributed by atoms with Crippen molar-refractivity contribution in [3.05, 3.63) is 62.6 Å². The Morgan fingerprint density at radius 3 is 2.10 bits per heavy atom. The largest absolute Gasteiger partial charge is 0.505 e. The minimum absolute atomic E-state index is 0.136. The number of hydrogen-bond donors (Lipinski definition) is 1. The molecule has 0 aliphatic heterocycles. The summed E-state index contributed by atoms with van der Waals surface area (Å²) in [5, 5.41) is 19.6. The monoisotopic (exact) mass is 323 g/mol. The molecule has 2 nitrogen and oxygen atoms in total. The standard InChI is InChI=1S/C15H8Cl3NO/c16-12-3-1-10(2-4-12)11(8-19)5-9-6-13(17)15(20)14(18)7-9/h1-7,20H/b11-5+. The smallest absolute Gasteiger partial charge is 0.152 e. The van der Waals surface area contributed by atoms with Crippen molar-refractivity contribution < 1.29 is 5.11 Å². The van der Waals surface area contributed by atoms with E-state index < -0.39 is 0 Å². The van der Waals surface area contributed by atoms with E-state index >= 15 is 0 Å². The average molecular weight is 325 g/mol. The third kappa shape index (κ3) is 3.26. The first-order valence-electron chi connectivity index (χ1n) is 5.57. The Morgan fingerprint density at radius 2 is 1.60 bits per heavy atom. The lowest BCUT2D eigenvalue weighted by Gasteiger charge is -2.03. The zero-order valence-electron chi connectivity index (χ0n) is 10.1. The maximum Gasteiger partial charge on any atom is 0.152 e. The fraction of sp³-hybridized carbons (Fsp3) is 0. The van der Waals surface area contributed by atoms with Gasteiger partial charge < -0.3 is 5.11 Å². The minimum atomic E-state index is -0.171. The molecule has 0 spiro atoms. The van der Waals surface area contributed by atoms with Crippen LogP contribution in [-0.2, 0) is 0 Å². The predicted molar refractivity (Wildman–Crippen MR) is 83.1 cm³/mol. The molecule has 5 heteroatoms. The Kier molecular flexibility index (Phi) is 4.57. The highest BCUT2D eigenvalue weighted by atomic mass is 35.5. The second-order valence-corrected chi connectivity index (χ2v) is 5.26. The highest BCUT2D eigenvalue weighted by Gasteiger charge is 2.07. The molecular weight excluding hydrogens is 317 g/mol. The molecule has 0 aromatic heterocycles. The van der Waals surface area contributed by atoms with Gasteiger partial charge in [-0.2, -0.15) is 5.26 Å². The highest BCUT2D eigenvalue weighted by molar-refractivity contribution is 6.37. The maximum absolute atomic E-state index is 9.51. The van der Waals surface area contributed by atoms with Crippen molar-refractivity contribution in [1.82, 2.24) is 0 Å². The van der Waals surface area contributed by atoms with Crippen LogP contribution in [0, 0.1) is 11.3 Å². The normalized spacial score (nSPS) is 11.2. The van der Waals surface area contributed by atoms with Crippen LogP contribution in [0.25, 0.3) is 11.6 Å². The molecule has 0 radical (unpaired) electrons. The molecule has 1 N–H and O–H groups in total. The van der Waals surface area contributed by atoms with Gasteiger partial charge in [0.05, 0.1) is 21.7 Å². The summed E-state index contributed by atoms with van der Waals surface area (Å²) in [7, 11) is 0. The van der Waals surface area contributed by atoms with Gasteiger partial charge in [-0.25, -0.2) is 0 Å². The summed E-state index contributed by atoms with van der Waals surface area (Å²) >= 11 is 17.5. The number of rotatable bonds is 2. The van der Waals surface area contributed by atoms with E-state index in [4.69, 9.17) is 34.8 Å². The van der Waals surface area contributed by atoms with Gasteiger partial charge in [-0.05, 0) is 41.5 Å². The Bertz CT molecular complexity index is 692. The van der Waals surface area contributed by atoms with Crippen molar-refractivity contribution in [2.24, 2.45) is 0 Å². The number of halogens is 3. The molecule has 0 aliphatic rings. The van der Waals surface area contributed by atoms with Crippen molar-refractivity contribution >= 4 is 46.5 Å². The van der Waals surface area contributed by atoms with Crippen molar-refractivity contribution in [3.8, 4) is 11.8 Å². The molecule has 2 rings (SSSR count).